The summed E-state index contributed by atoms with van der Waals surface area (Å²) >= 11 is 0. The predicted octanol–water partition coefficient (Wildman–Crippen LogP) is 1.05. The molecule has 1 rings (SSSR count). The normalized spacial score (nSPS) is 17.0. The number of allylic oxidation sites excluding steroid dienone is 3. The lowest BCUT2D eigenvalue weighted by Crippen LogP contribution is -1.99. The van der Waals surface area contributed by atoms with E-state index in [-0.39, 0.29) is 0 Å². The van der Waals surface area contributed by atoms with Crippen molar-refractivity contribution in [2.45, 2.75) is 6.42 Å². The zero-order valence-corrected chi connectivity index (χ0v) is 4.44. The molecular weight excluding hydrogens is 86.1 g/mol. The van der Waals surface area contributed by atoms with Gasteiger partial charge < -0.3 is 5.32 Å². The predicted molar refractivity (Wildman–Crippen MR) is 30.9 cm³/mol. The summed E-state index contributed by atoms with van der Waals surface area (Å²) in [6.45, 7) is 0. The van der Waals surface area contributed by atoms with Crippen molar-refractivity contribution in [2.75, 3.05) is 7.05 Å². The fourth-order valence-electron chi connectivity index (χ4n) is 0.643. The minimum atomic E-state index is 1.09. The summed E-state index contributed by atoms with van der Waals surface area (Å²) in [7, 11) is 1.93. The van der Waals surface area contributed by atoms with Gasteiger partial charge in [-0.3, -0.25) is 0 Å². The van der Waals surface area contributed by atoms with Crippen LogP contribution in [0.3, 0.4) is 0 Å². The van der Waals surface area contributed by atoms with Crippen LogP contribution in [-0.2, 0) is 0 Å². The second-order valence-corrected chi connectivity index (χ2v) is 1.55. The molecule has 1 N–H and O–H groups in total. The fourth-order valence-corrected chi connectivity index (χ4v) is 0.643. The third-order valence-electron chi connectivity index (χ3n) is 1.06. The molecule has 1 nitrogen and oxygen atoms in total. The molecule has 38 valence electrons. The minimum absolute atomic E-state index is 1.09. The molecule has 0 saturated carbocycles. The third-order valence-corrected chi connectivity index (χ3v) is 1.06. The molecule has 0 heterocycles. The molecule has 0 aromatic rings. The van der Waals surface area contributed by atoms with Crippen LogP contribution in [0.1, 0.15) is 6.42 Å². The van der Waals surface area contributed by atoms with E-state index < -0.39 is 0 Å². The second kappa shape index (κ2) is 1.82. The molecule has 0 aliphatic heterocycles. The Morgan fingerprint density at radius 3 is 2.86 bits per heavy atom. The molecular formula is C6H9N. The number of nitrogens with one attached hydrogen (secondary N) is 1. The van der Waals surface area contributed by atoms with E-state index in [0.717, 1.165) is 6.42 Å². The Balaban J connectivity index is 2.52. The first-order chi connectivity index (χ1) is 3.43. The zero-order chi connectivity index (χ0) is 5.11. The van der Waals surface area contributed by atoms with Gasteiger partial charge in [0.1, 0.15) is 0 Å². The fraction of sp³-hybridized carbons (Fsp3) is 0.333. The van der Waals surface area contributed by atoms with Crippen molar-refractivity contribution in [3.8, 4) is 0 Å². The van der Waals surface area contributed by atoms with Crippen molar-refractivity contribution >= 4 is 0 Å². The number of rotatable bonds is 1. The molecule has 0 radical (unpaired) electrons. The molecule has 0 atom stereocenters. The average Bonchev–Trinajstić information content (AvgIpc) is 2.14. The molecule has 1 heteroatoms. The highest BCUT2D eigenvalue weighted by Crippen LogP contribution is 2.02. The van der Waals surface area contributed by atoms with Crippen LogP contribution in [-0.4, -0.2) is 7.05 Å². The molecule has 1 aliphatic carbocycles. The van der Waals surface area contributed by atoms with Gasteiger partial charge in [-0.05, 0) is 12.5 Å². The summed E-state index contributed by atoms with van der Waals surface area (Å²) in [6.07, 6.45) is 7.46. The van der Waals surface area contributed by atoms with Crippen LogP contribution in [0.15, 0.2) is 23.9 Å². The van der Waals surface area contributed by atoms with Gasteiger partial charge in [-0.1, -0.05) is 12.2 Å². The van der Waals surface area contributed by atoms with Gasteiger partial charge in [-0.2, -0.15) is 0 Å². The molecule has 0 spiro atoms. The standard InChI is InChI=1S/C6H9N/c1-7-6-4-2-3-5-6/h2,4-5,7H,3H2,1H3. The van der Waals surface area contributed by atoms with E-state index in [4.69, 9.17) is 0 Å². The Bertz CT molecular complexity index is 111. The molecule has 0 aromatic carbocycles. The van der Waals surface area contributed by atoms with Gasteiger partial charge in [0.2, 0.25) is 0 Å². The SMILES string of the molecule is CNC1=CCC=C1. The van der Waals surface area contributed by atoms with E-state index in [1.165, 1.54) is 5.70 Å². The van der Waals surface area contributed by atoms with Crippen LogP contribution >= 0.6 is 0 Å². The monoisotopic (exact) mass is 95.1 g/mol. The van der Waals surface area contributed by atoms with Crippen LogP contribution in [0.25, 0.3) is 0 Å². The van der Waals surface area contributed by atoms with Gasteiger partial charge in [0.25, 0.3) is 0 Å². The van der Waals surface area contributed by atoms with Gasteiger partial charge in [-0.25, -0.2) is 0 Å². The van der Waals surface area contributed by atoms with Crippen LogP contribution in [0.4, 0.5) is 0 Å². The maximum absolute atomic E-state index is 3.04. The van der Waals surface area contributed by atoms with E-state index in [2.05, 4.69) is 23.5 Å². The first-order valence-corrected chi connectivity index (χ1v) is 2.48. The molecule has 0 unspecified atom stereocenters. The first kappa shape index (κ1) is 4.44. The van der Waals surface area contributed by atoms with E-state index in [9.17, 15) is 0 Å². The maximum atomic E-state index is 3.04. The quantitative estimate of drug-likeness (QED) is 0.513. The minimum Gasteiger partial charge on any atom is -0.388 e. The van der Waals surface area contributed by atoms with E-state index in [1.807, 2.05) is 7.05 Å². The van der Waals surface area contributed by atoms with Crippen molar-refractivity contribution in [1.82, 2.24) is 5.32 Å². The smallest absolute Gasteiger partial charge is 0.0297 e. The molecule has 0 aromatic heterocycles. The van der Waals surface area contributed by atoms with Gasteiger partial charge in [0.05, 0.1) is 0 Å². The number of hydrogen-bond donors (Lipinski definition) is 1. The molecule has 0 saturated heterocycles. The lowest BCUT2D eigenvalue weighted by atomic mass is 10.5. The second-order valence-electron chi connectivity index (χ2n) is 1.55. The zero-order valence-electron chi connectivity index (χ0n) is 4.44. The first-order valence-electron chi connectivity index (χ1n) is 2.48. The Morgan fingerprint density at radius 2 is 2.57 bits per heavy atom. The van der Waals surface area contributed by atoms with Gasteiger partial charge in [0.15, 0.2) is 0 Å². The number of likely N-dealkylation sites (N-methyl/N-ethyl adjacent to an activating group) is 1. The Labute approximate surface area is 43.7 Å². The third kappa shape index (κ3) is 0.829. The van der Waals surface area contributed by atoms with Crippen molar-refractivity contribution in [3.05, 3.63) is 23.9 Å². The van der Waals surface area contributed by atoms with Crippen LogP contribution in [0, 0.1) is 0 Å². The Morgan fingerprint density at radius 1 is 1.71 bits per heavy atom. The van der Waals surface area contributed by atoms with Crippen molar-refractivity contribution in [2.24, 2.45) is 0 Å². The summed E-state index contributed by atoms with van der Waals surface area (Å²) in [5, 5.41) is 3.04. The van der Waals surface area contributed by atoms with Gasteiger partial charge >= 0.3 is 0 Å². The largest absolute Gasteiger partial charge is 0.388 e. The maximum Gasteiger partial charge on any atom is 0.0297 e. The molecule has 1 aliphatic rings. The molecule has 0 bridgehead atoms. The van der Waals surface area contributed by atoms with Crippen molar-refractivity contribution < 1.29 is 0 Å². The summed E-state index contributed by atoms with van der Waals surface area (Å²) < 4.78 is 0. The average molecular weight is 95.1 g/mol. The number of hydrogen-bond acceptors (Lipinski definition) is 1. The lowest BCUT2D eigenvalue weighted by Gasteiger charge is -1.90. The van der Waals surface area contributed by atoms with Crippen molar-refractivity contribution in [3.63, 3.8) is 0 Å². The molecule has 0 fully saturated rings. The summed E-state index contributed by atoms with van der Waals surface area (Å²) in [6, 6.07) is 0. The Hall–Kier alpha value is -0.720. The van der Waals surface area contributed by atoms with Gasteiger partial charge in [0, 0.05) is 12.7 Å². The van der Waals surface area contributed by atoms with E-state index in [0.29, 0.717) is 0 Å². The summed E-state index contributed by atoms with van der Waals surface area (Å²) in [5.41, 5.74) is 1.24. The van der Waals surface area contributed by atoms with E-state index in [1.54, 1.807) is 0 Å². The summed E-state index contributed by atoms with van der Waals surface area (Å²) in [4.78, 5) is 0. The van der Waals surface area contributed by atoms with Crippen molar-refractivity contribution in [1.29, 1.82) is 0 Å². The Kier molecular flexibility index (Phi) is 1.16. The highest BCUT2D eigenvalue weighted by atomic mass is 14.8. The molecule has 7 heavy (non-hydrogen) atoms. The highest BCUT2D eigenvalue weighted by Gasteiger charge is 1.89. The van der Waals surface area contributed by atoms with Crippen LogP contribution in [0.2, 0.25) is 0 Å². The lowest BCUT2D eigenvalue weighted by molar-refractivity contribution is 1.04. The highest BCUT2D eigenvalue weighted by molar-refractivity contribution is 5.23. The van der Waals surface area contributed by atoms with Crippen LogP contribution < -0.4 is 5.32 Å². The van der Waals surface area contributed by atoms with Gasteiger partial charge in [-0.15, -0.1) is 0 Å². The molecule has 0 amide bonds. The summed E-state index contributed by atoms with van der Waals surface area (Å²) in [5.74, 6) is 0. The topological polar surface area (TPSA) is 12.0 Å². The van der Waals surface area contributed by atoms with E-state index >= 15 is 0 Å². The van der Waals surface area contributed by atoms with Crippen LogP contribution in [0.5, 0.6) is 0 Å².